The van der Waals surface area contributed by atoms with Crippen molar-refractivity contribution in [3.05, 3.63) is 0 Å². The van der Waals surface area contributed by atoms with Crippen LogP contribution in [0.25, 0.3) is 0 Å². The largest absolute Gasteiger partial charge is 0.481 e. The van der Waals surface area contributed by atoms with Crippen LogP contribution in [0.3, 0.4) is 0 Å². The molecule has 1 unspecified atom stereocenters. The maximum absolute atomic E-state index is 14.8. The van der Waals surface area contributed by atoms with Crippen molar-refractivity contribution in [3.63, 3.8) is 0 Å². The first-order valence-corrected chi connectivity index (χ1v) is 23.4. The van der Waals surface area contributed by atoms with E-state index in [1.54, 1.807) is 20.8 Å². The second kappa shape index (κ2) is 20.9. The summed E-state index contributed by atoms with van der Waals surface area (Å²) in [6.07, 6.45) is 1.40. The number of rotatable bonds is 12. The highest BCUT2D eigenvalue weighted by atomic mass is 16.6. The van der Waals surface area contributed by atoms with Gasteiger partial charge in [0.15, 0.2) is 0 Å². The van der Waals surface area contributed by atoms with E-state index in [-0.39, 0.29) is 102 Å². The molecule has 9 atom stereocenters. The number of nitrogens with zero attached hydrogens (tertiary/aromatic N) is 6. The molecule has 6 aliphatic heterocycles. The van der Waals surface area contributed by atoms with E-state index < -0.39 is 107 Å². The van der Waals surface area contributed by atoms with Crippen molar-refractivity contribution in [3.8, 4) is 0 Å². The molecule has 6 rings (SSSR count). The summed E-state index contributed by atoms with van der Waals surface area (Å²) < 4.78 is 5.38. The van der Waals surface area contributed by atoms with Crippen LogP contribution in [0, 0.1) is 0 Å². The summed E-state index contributed by atoms with van der Waals surface area (Å²) in [7, 11) is 0. The molecule has 0 aromatic carbocycles. The van der Waals surface area contributed by atoms with Gasteiger partial charge in [-0.05, 0) is 78.6 Å². The van der Waals surface area contributed by atoms with Crippen molar-refractivity contribution in [1.82, 2.24) is 50.7 Å². The van der Waals surface area contributed by atoms with E-state index in [9.17, 15) is 52.7 Å². The summed E-state index contributed by atoms with van der Waals surface area (Å²) in [6, 6.07) is -7.96. The van der Waals surface area contributed by atoms with Gasteiger partial charge in [-0.3, -0.25) is 47.9 Å². The minimum Gasteiger partial charge on any atom is -0.481 e. The van der Waals surface area contributed by atoms with Crippen LogP contribution >= 0.6 is 0 Å². The zero-order valence-corrected chi connectivity index (χ0v) is 39.2. The van der Waals surface area contributed by atoms with E-state index in [1.165, 1.54) is 50.2 Å². The molecule has 6 heterocycles. The van der Waals surface area contributed by atoms with Crippen LogP contribution < -0.4 is 21.3 Å². The normalized spacial score (nSPS) is 28.4. The standard InChI is InChI=1S/C44H66N10O13/c1-24(55)46-27-18-34(41(64)49-15-7-10-30(49)37(60)45-14-13-36(58)59)53(22-27)39(62)32-12-9-17-51(32)42(65)35-19-28(47-25(2)56)23-54(35)38(61)31-11-8-16-50(31)40(63)33-20-29(21-52(33)26(3)57)48-43(66)67-44(4,5)6/h27-35H,7-23H2,1-6H3,(H,45,60)(H,46,55)(H,47,56)(H,48,66)(H,58,59)/t27-,28-,29-,30?,31-,32-,33-,34-,35-/m0/s1. The quantitative estimate of drug-likeness (QED) is 0.146. The second-order valence-electron chi connectivity index (χ2n) is 19.5. The summed E-state index contributed by atoms with van der Waals surface area (Å²) >= 11 is 0. The van der Waals surface area contributed by atoms with Gasteiger partial charge in [-0.15, -0.1) is 0 Å². The van der Waals surface area contributed by atoms with Crippen LogP contribution in [0.15, 0.2) is 0 Å². The number of nitrogens with one attached hydrogen (secondary N) is 4. The van der Waals surface area contributed by atoms with Crippen molar-refractivity contribution in [2.45, 2.75) is 166 Å². The van der Waals surface area contributed by atoms with Crippen LogP contribution in [0.1, 0.15) is 106 Å². The smallest absolute Gasteiger partial charge is 0.407 e. The Labute approximate surface area is 389 Å². The van der Waals surface area contributed by atoms with Gasteiger partial charge in [0.2, 0.25) is 53.2 Å². The predicted molar refractivity (Wildman–Crippen MR) is 234 cm³/mol. The lowest BCUT2D eigenvalue weighted by molar-refractivity contribution is -0.154. The van der Waals surface area contributed by atoms with E-state index >= 15 is 0 Å². The van der Waals surface area contributed by atoms with E-state index in [1.807, 2.05) is 0 Å². The van der Waals surface area contributed by atoms with Gasteiger partial charge in [-0.2, -0.15) is 0 Å². The topological polar surface area (TPSA) is 285 Å². The molecule has 6 fully saturated rings. The van der Waals surface area contributed by atoms with Gasteiger partial charge in [0.05, 0.1) is 12.5 Å². The Morgan fingerprint density at radius 2 is 0.896 bits per heavy atom. The molecule has 0 aliphatic carbocycles. The summed E-state index contributed by atoms with van der Waals surface area (Å²) in [5.41, 5.74) is -0.774. The van der Waals surface area contributed by atoms with E-state index in [0.717, 1.165) is 0 Å². The van der Waals surface area contributed by atoms with Gasteiger partial charge in [-0.25, -0.2) is 4.79 Å². The molecule has 0 aromatic rings. The number of amides is 10. The number of likely N-dealkylation sites (tertiary alicyclic amines) is 6. The van der Waals surface area contributed by atoms with Crippen molar-refractivity contribution in [2.75, 3.05) is 45.8 Å². The fraction of sp³-hybridized carbons (Fsp3) is 0.750. The number of carboxylic acids is 1. The Balaban J connectivity index is 1.19. The summed E-state index contributed by atoms with van der Waals surface area (Å²) in [4.78, 5) is 155. The molecule has 0 bridgehead atoms. The number of ether oxygens (including phenoxy) is 1. The molecule has 5 N–H and O–H groups in total. The molecule has 10 amide bonds. The molecule has 23 heteroatoms. The maximum atomic E-state index is 14.8. The van der Waals surface area contributed by atoms with Crippen LogP contribution in [-0.2, 0) is 52.7 Å². The third-order valence-corrected chi connectivity index (χ3v) is 13.4. The van der Waals surface area contributed by atoms with Crippen LogP contribution in [0.5, 0.6) is 0 Å². The first-order chi connectivity index (χ1) is 31.5. The summed E-state index contributed by atoms with van der Waals surface area (Å²) in [5.74, 6) is -5.33. The van der Waals surface area contributed by atoms with Crippen LogP contribution in [-0.4, -0.2) is 206 Å². The molecule has 0 saturated carbocycles. The average Bonchev–Trinajstić information content (AvgIpc) is 4.09. The molecule has 0 spiro atoms. The highest BCUT2D eigenvalue weighted by molar-refractivity contribution is 5.98. The third kappa shape index (κ3) is 11.7. The van der Waals surface area contributed by atoms with E-state index in [0.29, 0.717) is 25.7 Å². The monoisotopic (exact) mass is 942 g/mol. The summed E-state index contributed by atoms with van der Waals surface area (Å²) in [5, 5.41) is 20.0. The Bertz CT molecular complexity index is 2010. The fourth-order valence-corrected chi connectivity index (χ4v) is 10.7. The number of carbonyl (C=O) groups excluding carboxylic acids is 10. The van der Waals surface area contributed by atoms with Gasteiger partial charge >= 0.3 is 12.1 Å². The molecular weight excluding hydrogens is 877 g/mol. The van der Waals surface area contributed by atoms with Crippen LogP contribution in [0.2, 0.25) is 0 Å². The molecule has 0 radical (unpaired) electrons. The zero-order chi connectivity index (χ0) is 49.1. The van der Waals surface area contributed by atoms with Crippen molar-refractivity contribution in [2.24, 2.45) is 0 Å². The van der Waals surface area contributed by atoms with Crippen molar-refractivity contribution < 1.29 is 62.6 Å². The number of carboxylic acid groups (broad SMARTS) is 1. The van der Waals surface area contributed by atoms with E-state index in [4.69, 9.17) is 9.84 Å². The molecule has 6 saturated heterocycles. The summed E-state index contributed by atoms with van der Waals surface area (Å²) in [6.45, 7) is 9.52. The lowest BCUT2D eigenvalue weighted by atomic mass is 10.1. The number of aliphatic carboxylic acids is 1. The Morgan fingerprint density at radius 3 is 1.30 bits per heavy atom. The average molecular weight is 943 g/mol. The number of hydrogen-bond donors (Lipinski definition) is 5. The van der Waals surface area contributed by atoms with Gasteiger partial charge in [0.25, 0.3) is 0 Å². The number of hydrogen-bond acceptors (Lipinski definition) is 12. The molecule has 370 valence electrons. The minimum atomic E-state index is -1.13. The highest BCUT2D eigenvalue weighted by Gasteiger charge is 2.52. The first kappa shape index (κ1) is 50.4. The number of alkyl carbamates (subject to hydrolysis) is 1. The predicted octanol–water partition coefficient (Wildman–Crippen LogP) is -1.72. The maximum Gasteiger partial charge on any atom is 0.407 e. The molecule has 23 nitrogen and oxygen atoms in total. The number of carbonyl (C=O) groups is 11. The van der Waals surface area contributed by atoms with Gasteiger partial charge < -0.3 is 60.5 Å². The van der Waals surface area contributed by atoms with Crippen molar-refractivity contribution >= 4 is 65.2 Å². The fourth-order valence-electron chi connectivity index (χ4n) is 10.7. The minimum absolute atomic E-state index is 0.0291. The highest BCUT2D eigenvalue weighted by Crippen LogP contribution is 2.33. The molecular formula is C44H66N10O13. The molecule has 6 aliphatic rings. The van der Waals surface area contributed by atoms with Gasteiger partial charge in [0.1, 0.15) is 41.9 Å². The Morgan fingerprint density at radius 1 is 0.522 bits per heavy atom. The third-order valence-electron chi connectivity index (χ3n) is 13.4. The second-order valence-corrected chi connectivity index (χ2v) is 19.5. The zero-order valence-electron chi connectivity index (χ0n) is 39.2. The van der Waals surface area contributed by atoms with E-state index in [2.05, 4.69) is 21.3 Å². The lowest BCUT2D eigenvalue weighted by Crippen LogP contribution is -2.58. The Kier molecular flexibility index (Phi) is 15.7. The molecule has 67 heavy (non-hydrogen) atoms. The first-order valence-electron chi connectivity index (χ1n) is 23.4. The SMILES string of the molecule is CC(=O)N[C@H]1C[C@@H](C(=O)N2CCCC2C(=O)NCCC(=O)O)N(C(=O)[C@@H]2CCCN2C(=O)[C@@H]2C[C@H](NC(C)=O)CN2C(=O)[C@@H]2CCCN2C(=O)[C@@H]2C[C@H](NC(=O)OC(C)(C)C)CN2C(C)=O)C1. The van der Waals surface area contributed by atoms with Crippen molar-refractivity contribution in [1.29, 1.82) is 0 Å². The van der Waals surface area contributed by atoms with Crippen LogP contribution in [0.4, 0.5) is 4.79 Å². The Hall–Kier alpha value is -6.03. The lowest BCUT2D eigenvalue weighted by Gasteiger charge is -2.36. The van der Waals surface area contributed by atoms with Gasteiger partial charge in [-0.1, -0.05) is 0 Å². The van der Waals surface area contributed by atoms with Gasteiger partial charge in [0, 0.05) is 78.7 Å². The molecule has 0 aromatic heterocycles.